The van der Waals surface area contributed by atoms with Gasteiger partial charge in [0.25, 0.3) is 0 Å². The van der Waals surface area contributed by atoms with E-state index in [0.29, 0.717) is 24.9 Å². The molecular weight excluding hydrogens is 354 g/mol. The number of rotatable bonds is 5. The van der Waals surface area contributed by atoms with Crippen LogP contribution in [0.25, 0.3) is 0 Å². The van der Waals surface area contributed by atoms with E-state index in [2.05, 4.69) is 68.2 Å². The topological polar surface area (TPSA) is 85.4 Å². The summed E-state index contributed by atoms with van der Waals surface area (Å²) in [7, 11) is 0. The molecule has 2 amide bonds. The van der Waals surface area contributed by atoms with E-state index in [9.17, 15) is 4.79 Å². The fourth-order valence-electron chi connectivity index (χ4n) is 3.66. The lowest BCUT2D eigenvalue weighted by molar-refractivity contribution is 0.252. The maximum atomic E-state index is 11.9. The maximum absolute atomic E-state index is 11.9. The van der Waals surface area contributed by atoms with Gasteiger partial charge in [-0.15, -0.1) is 0 Å². The summed E-state index contributed by atoms with van der Waals surface area (Å²) in [6.07, 6.45) is 5.90. The Labute approximate surface area is 163 Å². The predicted molar refractivity (Wildman–Crippen MR) is 108 cm³/mol. The van der Waals surface area contributed by atoms with E-state index in [1.807, 2.05) is 0 Å². The van der Waals surface area contributed by atoms with Crippen LogP contribution in [0.2, 0.25) is 0 Å². The van der Waals surface area contributed by atoms with Gasteiger partial charge in [0.1, 0.15) is 5.82 Å². The largest absolute Gasteiger partial charge is 0.368 e. The van der Waals surface area contributed by atoms with Gasteiger partial charge in [-0.05, 0) is 38.0 Å². The second kappa shape index (κ2) is 6.40. The first-order valence-electron chi connectivity index (χ1n) is 9.59. The van der Waals surface area contributed by atoms with E-state index in [-0.39, 0.29) is 11.6 Å². The predicted octanol–water partition coefficient (Wildman–Crippen LogP) is 2.17. The molecule has 1 aromatic heterocycles. The van der Waals surface area contributed by atoms with Crippen molar-refractivity contribution in [3.8, 4) is 0 Å². The lowest BCUT2D eigenvalue weighted by Gasteiger charge is -2.20. The molecule has 8 heteroatoms. The molecule has 2 fully saturated rings. The lowest BCUT2D eigenvalue weighted by Crippen LogP contribution is -2.32. The molecule has 0 bridgehead atoms. The Morgan fingerprint density at radius 3 is 2.68 bits per heavy atom. The Bertz CT molecular complexity index is 936. The second-order valence-electron chi connectivity index (χ2n) is 7.51. The van der Waals surface area contributed by atoms with Crippen LogP contribution < -0.4 is 25.8 Å². The van der Waals surface area contributed by atoms with E-state index >= 15 is 0 Å². The van der Waals surface area contributed by atoms with Crippen LogP contribution >= 0.6 is 0 Å². The highest BCUT2D eigenvalue weighted by Gasteiger charge is 2.48. The molecule has 8 nitrogen and oxygen atoms in total. The van der Waals surface area contributed by atoms with Crippen molar-refractivity contribution in [2.24, 2.45) is 0 Å². The van der Waals surface area contributed by atoms with Crippen molar-refractivity contribution < 1.29 is 4.79 Å². The summed E-state index contributed by atoms with van der Waals surface area (Å²) in [4.78, 5) is 24.7. The number of nitrogens with one attached hydrogen (secondary N) is 3. The summed E-state index contributed by atoms with van der Waals surface area (Å²) in [5, 5.41) is 9.81. The Kier molecular flexibility index (Phi) is 3.85. The Balaban J connectivity index is 1.34. The fraction of sp³-hybridized carbons (Fsp3) is 0.350. The SMILES string of the molecule is Cc1ccc(N2C=C(C3(Nc4nccc(N5CCNC5=O)n4)CC3)NC2)cc1. The van der Waals surface area contributed by atoms with Crippen molar-refractivity contribution in [3.63, 3.8) is 0 Å². The van der Waals surface area contributed by atoms with Crippen molar-refractivity contribution >= 4 is 23.5 Å². The highest BCUT2D eigenvalue weighted by Crippen LogP contribution is 2.45. The molecule has 1 aliphatic carbocycles. The number of amides is 2. The van der Waals surface area contributed by atoms with E-state index < -0.39 is 0 Å². The molecule has 28 heavy (non-hydrogen) atoms. The van der Waals surface area contributed by atoms with E-state index in [1.54, 1.807) is 17.2 Å². The van der Waals surface area contributed by atoms with Crippen molar-refractivity contribution in [1.82, 2.24) is 20.6 Å². The Morgan fingerprint density at radius 2 is 1.96 bits per heavy atom. The van der Waals surface area contributed by atoms with Gasteiger partial charge in [-0.25, -0.2) is 9.78 Å². The minimum Gasteiger partial charge on any atom is -0.368 e. The number of anilines is 3. The average molecular weight is 377 g/mol. The Hall–Kier alpha value is -3.29. The van der Waals surface area contributed by atoms with E-state index in [0.717, 1.165) is 25.2 Å². The van der Waals surface area contributed by atoms with Crippen LogP contribution in [0.1, 0.15) is 18.4 Å². The first-order valence-corrected chi connectivity index (χ1v) is 9.59. The minimum absolute atomic E-state index is 0.111. The number of nitrogens with zero attached hydrogens (tertiary/aromatic N) is 4. The zero-order chi connectivity index (χ0) is 19.1. The number of hydrogen-bond acceptors (Lipinski definition) is 6. The van der Waals surface area contributed by atoms with Crippen LogP contribution in [0.5, 0.6) is 0 Å². The van der Waals surface area contributed by atoms with Crippen LogP contribution in [0.4, 0.5) is 22.2 Å². The molecule has 3 aliphatic rings. The van der Waals surface area contributed by atoms with Gasteiger partial charge in [0.2, 0.25) is 5.95 Å². The van der Waals surface area contributed by atoms with Crippen LogP contribution in [0.15, 0.2) is 48.4 Å². The third-order valence-corrected chi connectivity index (χ3v) is 5.48. The summed E-state index contributed by atoms with van der Waals surface area (Å²) in [6.45, 7) is 4.10. The number of aromatic nitrogens is 2. The van der Waals surface area contributed by atoms with Gasteiger partial charge in [0, 0.05) is 31.2 Å². The first kappa shape index (κ1) is 16.9. The number of urea groups is 1. The van der Waals surface area contributed by atoms with E-state index in [1.165, 1.54) is 11.3 Å². The fourth-order valence-corrected chi connectivity index (χ4v) is 3.66. The normalized spacial score (nSPS) is 19.9. The maximum Gasteiger partial charge on any atom is 0.323 e. The molecule has 2 aliphatic heterocycles. The van der Waals surface area contributed by atoms with Crippen LogP contribution in [0.3, 0.4) is 0 Å². The van der Waals surface area contributed by atoms with Gasteiger partial charge in [0.15, 0.2) is 0 Å². The molecule has 1 aromatic carbocycles. The zero-order valence-electron chi connectivity index (χ0n) is 15.8. The van der Waals surface area contributed by atoms with Gasteiger partial charge in [-0.2, -0.15) is 4.98 Å². The third-order valence-electron chi connectivity index (χ3n) is 5.48. The summed E-state index contributed by atoms with van der Waals surface area (Å²) < 4.78 is 0. The van der Waals surface area contributed by atoms with Crippen LogP contribution in [0, 0.1) is 6.92 Å². The third kappa shape index (κ3) is 3.00. The molecule has 1 saturated heterocycles. The second-order valence-corrected chi connectivity index (χ2v) is 7.51. The number of carbonyl (C=O) groups is 1. The monoisotopic (exact) mass is 377 g/mol. The van der Waals surface area contributed by atoms with Crippen molar-refractivity contribution in [2.75, 3.05) is 34.9 Å². The molecule has 0 unspecified atom stereocenters. The molecule has 144 valence electrons. The van der Waals surface area contributed by atoms with Crippen LogP contribution in [-0.4, -0.2) is 41.3 Å². The molecule has 5 rings (SSSR count). The summed E-state index contributed by atoms with van der Waals surface area (Å²) >= 11 is 0. The smallest absolute Gasteiger partial charge is 0.323 e. The highest BCUT2D eigenvalue weighted by molar-refractivity contribution is 5.93. The van der Waals surface area contributed by atoms with E-state index in [4.69, 9.17) is 0 Å². The number of aryl methyl sites for hydroxylation is 1. The number of benzene rings is 1. The Morgan fingerprint density at radius 1 is 1.14 bits per heavy atom. The summed E-state index contributed by atoms with van der Waals surface area (Å²) in [5.41, 5.74) is 3.41. The molecule has 0 spiro atoms. The molecule has 3 N–H and O–H groups in total. The molecule has 0 radical (unpaired) electrons. The van der Waals surface area contributed by atoms with Gasteiger partial charge in [-0.1, -0.05) is 17.7 Å². The number of hydrogen-bond donors (Lipinski definition) is 3. The molecule has 0 atom stereocenters. The van der Waals surface area contributed by atoms with Crippen molar-refractivity contribution in [3.05, 3.63) is 54.0 Å². The van der Waals surface area contributed by atoms with Crippen molar-refractivity contribution in [2.45, 2.75) is 25.3 Å². The van der Waals surface area contributed by atoms with Crippen LogP contribution in [-0.2, 0) is 0 Å². The zero-order valence-corrected chi connectivity index (χ0v) is 15.8. The highest BCUT2D eigenvalue weighted by atomic mass is 16.2. The molecule has 3 heterocycles. The average Bonchev–Trinajstić information content (AvgIpc) is 3.12. The number of carbonyl (C=O) groups excluding carboxylic acids is 1. The van der Waals surface area contributed by atoms with Gasteiger partial charge in [0.05, 0.1) is 17.9 Å². The quantitative estimate of drug-likeness (QED) is 0.741. The van der Waals surface area contributed by atoms with Gasteiger partial charge < -0.3 is 20.9 Å². The standard InChI is InChI=1S/C20H23N7O/c1-14-2-4-15(5-3-14)26-12-16(23-13-26)20(7-8-20)25-18-21-9-6-17(24-18)27-11-10-22-19(27)28/h2-6,9,12,23H,7-8,10-11,13H2,1H3,(H,22,28)(H,21,24,25). The van der Waals surface area contributed by atoms with Crippen molar-refractivity contribution in [1.29, 1.82) is 0 Å². The first-order chi connectivity index (χ1) is 13.6. The minimum atomic E-state index is -0.161. The summed E-state index contributed by atoms with van der Waals surface area (Å²) in [6, 6.07) is 10.2. The molecular formula is C20H23N7O. The van der Waals surface area contributed by atoms with Gasteiger partial charge in [-0.3, -0.25) is 4.90 Å². The lowest BCUT2D eigenvalue weighted by atomic mass is 10.2. The molecule has 1 saturated carbocycles. The van der Waals surface area contributed by atoms with Gasteiger partial charge >= 0.3 is 6.03 Å². The molecule has 2 aromatic rings. The summed E-state index contributed by atoms with van der Waals surface area (Å²) in [5.74, 6) is 1.17.